The van der Waals surface area contributed by atoms with E-state index < -0.39 is 26.2 Å². The Labute approximate surface area is 390 Å². The molecule has 0 saturated carbocycles. The van der Waals surface area contributed by atoms with E-state index in [0.29, 0.717) is 111 Å². The van der Waals surface area contributed by atoms with Gasteiger partial charge in [-0.2, -0.15) is 0 Å². The van der Waals surface area contributed by atoms with Gasteiger partial charge in [-0.05, 0) is 48.2 Å². The SMILES string of the molecule is CCCCC[C@H](CC(=O)[C@@H](NC(=O)COCCOCCOCCOCCOCCOCCOCCOCCOCC(=O)NC)C(C)C)C(=O)Nc1ccc(CO[Si](C)(C)C(C)(C)C)cc1. The van der Waals surface area contributed by atoms with Crippen LogP contribution in [0.15, 0.2) is 24.3 Å². The summed E-state index contributed by atoms with van der Waals surface area (Å²) < 4.78 is 55.3. The molecule has 3 amide bonds. The number of carbonyl (C=O) groups is 4. The van der Waals surface area contributed by atoms with Crippen LogP contribution in [-0.4, -0.2) is 164 Å². The molecular formula is C47H85N3O14Si. The van der Waals surface area contributed by atoms with Crippen LogP contribution in [0.4, 0.5) is 5.69 Å². The van der Waals surface area contributed by atoms with Crippen molar-refractivity contribution < 1.29 is 66.2 Å². The van der Waals surface area contributed by atoms with Crippen LogP contribution in [-0.2, 0) is 72.8 Å². The predicted octanol–water partition coefficient (Wildman–Crippen LogP) is 5.34. The first kappa shape index (κ1) is 60.1. The number of unbranched alkanes of at least 4 members (excludes halogenated alkanes) is 2. The third kappa shape index (κ3) is 30.9. The zero-order valence-electron chi connectivity index (χ0n) is 41.2. The van der Waals surface area contributed by atoms with E-state index in [1.165, 1.54) is 0 Å². The highest BCUT2D eigenvalue weighted by molar-refractivity contribution is 6.74. The third-order valence-electron chi connectivity index (χ3n) is 10.7. The molecule has 0 bridgehead atoms. The van der Waals surface area contributed by atoms with Crippen molar-refractivity contribution in [2.45, 2.75) is 104 Å². The van der Waals surface area contributed by atoms with Crippen LogP contribution in [0.25, 0.3) is 0 Å². The number of nitrogens with one attached hydrogen (secondary N) is 3. The van der Waals surface area contributed by atoms with Gasteiger partial charge >= 0.3 is 0 Å². The largest absolute Gasteiger partial charge is 0.413 e. The standard InChI is InChI=1S/C47H85N3O14Si/c1-10-11-12-13-40(46(54)49-41-16-14-39(15-17-41)35-64-65(8,9)47(4,5)6)34-42(51)45(38(2)3)50-44(53)37-63-33-31-61-29-27-59-25-23-57-21-19-55-18-20-56-22-24-58-26-28-60-30-32-62-36-43(52)48-7/h14-17,38,40,45H,10-13,18-37H2,1-9H3,(H,48,52)(H,49,54)(H,50,53)/t40-,45+/m1/s1. The van der Waals surface area contributed by atoms with E-state index in [-0.39, 0.29) is 61.4 Å². The molecule has 376 valence electrons. The minimum absolute atomic E-state index is 0.0249. The molecule has 0 spiro atoms. The number of carbonyl (C=O) groups excluding carboxylic acids is 4. The van der Waals surface area contributed by atoms with Gasteiger partial charge in [-0.1, -0.05) is 72.9 Å². The Morgan fingerprint density at radius 1 is 0.615 bits per heavy atom. The number of anilines is 1. The molecule has 17 nitrogen and oxygen atoms in total. The van der Waals surface area contributed by atoms with Gasteiger partial charge in [-0.25, -0.2) is 0 Å². The second kappa shape index (κ2) is 37.1. The third-order valence-corrected chi connectivity index (χ3v) is 15.1. The van der Waals surface area contributed by atoms with E-state index in [1.54, 1.807) is 7.05 Å². The summed E-state index contributed by atoms with van der Waals surface area (Å²) in [6.07, 6.45) is 3.40. The van der Waals surface area contributed by atoms with Crippen molar-refractivity contribution >= 4 is 37.5 Å². The van der Waals surface area contributed by atoms with Gasteiger partial charge in [0, 0.05) is 25.1 Å². The van der Waals surface area contributed by atoms with E-state index in [0.717, 1.165) is 24.8 Å². The fourth-order valence-electron chi connectivity index (χ4n) is 5.64. The fourth-order valence-corrected chi connectivity index (χ4v) is 6.60. The highest BCUT2D eigenvalue weighted by atomic mass is 28.4. The molecule has 0 radical (unpaired) electrons. The molecule has 0 aromatic heterocycles. The zero-order valence-corrected chi connectivity index (χ0v) is 42.2. The maximum absolute atomic E-state index is 13.6. The first-order valence-electron chi connectivity index (χ1n) is 23.4. The molecule has 1 aromatic rings. The Kier molecular flexibility index (Phi) is 34.4. The van der Waals surface area contributed by atoms with Crippen molar-refractivity contribution in [2.75, 3.05) is 131 Å². The Balaban J connectivity index is 2.17. The summed E-state index contributed by atoms with van der Waals surface area (Å²) in [5.74, 6) is -1.63. The van der Waals surface area contributed by atoms with Crippen molar-refractivity contribution in [3.63, 3.8) is 0 Å². The molecule has 0 saturated heterocycles. The molecule has 1 aromatic carbocycles. The second-order valence-corrected chi connectivity index (χ2v) is 22.3. The summed E-state index contributed by atoms with van der Waals surface area (Å²) >= 11 is 0. The van der Waals surface area contributed by atoms with Crippen LogP contribution in [0.3, 0.4) is 0 Å². The Hall–Kier alpha value is -2.88. The van der Waals surface area contributed by atoms with Crippen LogP contribution in [0.5, 0.6) is 0 Å². The molecule has 65 heavy (non-hydrogen) atoms. The lowest BCUT2D eigenvalue weighted by molar-refractivity contribution is -0.133. The number of benzene rings is 1. The van der Waals surface area contributed by atoms with E-state index in [1.807, 2.05) is 38.1 Å². The van der Waals surface area contributed by atoms with Gasteiger partial charge in [0.25, 0.3) is 0 Å². The lowest BCUT2D eigenvalue weighted by Gasteiger charge is -2.36. The molecule has 0 unspecified atom stereocenters. The summed E-state index contributed by atoms with van der Waals surface area (Å²) in [6.45, 7) is 23.7. The Morgan fingerprint density at radius 3 is 1.42 bits per heavy atom. The van der Waals surface area contributed by atoms with Crippen LogP contribution in [0, 0.1) is 11.8 Å². The summed E-state index contributed by atoms with van der Waals surface area (Å²) in [4.78, 5) is 50.9. The van der Waals surface area contributed by atoms with E-state index in [4.69, 9.17) is 47.1 Å². The molecule has 1 rings (SSSR count). The summed E-state index contributed by atoms with van der Waals surface area (Å²) in [5.41, 5.74) is 1.71. The molecule has 0 fully saturated rings. The lowest BCUT2D eigenvalue weighted by Crippen LogP contribution is -2.46. The average molecular weight is 944 g/mol. The molecule has 0 heterocycles. The minimum Gasteiger partial charge on any atom is -0.413 e. The Bertz CT molecular complexity index is 1400. The Morgan fingerprint density at radius 2 is 1.03 bits per heavy atom. The van der Waals surface area contributed by atoms with Crippen LogP contribution in [0.2, 0.25) is 18.1 Å². The molecule has 0 aliphatic carbocycles. The van der Waals surface area contributed by atoms with Gasteiger partial charge in [-0.3, -0.25) is 19.2 Å². The van der Waals surface area contributed by atoms with Gasteiger partial charge < -0.3 is 63.0 Å². The van der Waals surface area contributed by atoms with Crippen molar-refractivity contribution in [3.05, 3.63) is 29.8 Å². The topological polar surface area (TPSA) is 197 Å². The highest BCUT2D eigenvalue weighted by Gasteiger charge is 2.37. The van der Waals surface area contributed by atoms with Crippen LogP contribution < -0.4 is 16.0 Å². The maximum atomic E-state index is 13.6. The predicted molar refractivity (Wildman–Crippen MR) is 253 cm³/mol. The van der Waals surface area contributed by atoms with Gasteiger partial charge in [0.1, 0.15) is 13.2 Å². The lowest BCUT2D eigenvalue weighted by atomic mass is 9.89. The number of hydrogen-bond donors (Lipinski definition) is 3. The highest BCUT2D eigenvalue weighted by Crippen LogP contribution is 2.37. The van der Waals surface area contributed by atoms with Gasteiger partial charge in [0.2, 0.25) is 17.7 Å². The molecule has 0 aliphatic heterocycles. The van der Waals surface area contributed by atoms with Crippen molar-refractivity contribution in [1.29, 1.82) is 0 Å². The van der Waals surface area contributed by atoms with Crippen LogP contribution in [0.1, 0.15) is 79.2 Å². The van der Waals surface area contributed by atoms with Gasteiger partial charge in [0.05, 0.1) is 118 Å². The number of ether oxygens (including phenoxy) is 9. The van der Waals surface area contributed by atoms with E-state index in [9.17, 15) is 19.2 Å². The number of hydrogen-bond acceptors (Lipinski definition) is 14. The zero-order chi connectivity index (χ0) is 48.2. The van der Waals surface area contributed by atoms with Gasteiger partial charge in [-0.15, -0.1) is 0 Å². The molecule has 2 atom stereocenters. The van der Waals surface area contributed by atoms with E-state index >= 15 is 0 Å². The van der Waals surface area contributed by atoms with Gasteiger partial charge in [0.15, 0.2) is 14.1 Å². The normalized spacial score (nSPS) is 12.9. The second-order valence-electron chi connectivity index (χ2n) is 17.5. The summed E-state index contributed by atoms with van der Waals surface area (Å²) in [6, 6.07) is 6.94. The number of Topliss-reactive ketones (excluding diaryl/α,β-unsaturated/α-hetero) is 1. The average Bonchev–Trinajstić information content (AvgIpc) is 3.26. The number of likely N-dealkylation sites (N-methyl/N-ethyl adjacent to an activating group) is 1. The van der Waals surface area contributed by atoms with Crippen molar-refractivity contribution in [1.82, 2.24) is 10.6 Å². The maximum Gasteiger partial charge on any atom is 0.246 e. The fraction of sp³-hybridized carbons (Fsp3) is 0.787. The molecule has 3 N–H and O–H groups in total. The monoisotopic (exact) mass is 944 g/mol. The smallest absolute Gasteiger partial charge is 0.246 e. The molecule has 0 aliphatic rings. The molecular weight excluding hydrogens is 859 g/mol. The first-order chi connectivity index (χ1) is 31.1. The minimum atomic E-state index is -1.89. The summed E-state index contributed by atoms with van der Waals surface area (Å²) in [5, 5.41) is 8.44. The quantitative estimate of drug-likeness (QED) is 0.0561. The van der Waals surface area contributed by atoms with Crippen molar-refractivity contribution in [3.8, 4) is 0 Å². The van der Waals surface area contributed by atoms with E-state index in [2.05, 4.69) is 56.7 Å². The first-order valence-corrected chi connectivity index (χ1v) is 26.3. The summed E-state index contributed by atoms with van der Waals surface area (Å²) in [7, 11) is -0.333. The number of amides is 3. The van der Waals surface area contributed by atoms with Crippen molar-refractivity contribution in [2.24, 2.45) is 11.8 Å². The number of rotatable bonds is 42. The molecule has 18 heteroatoms. The van der Waals surface area contributed by atoms with Crippen LogP contribution >= 0.6 is 0 Å². The number of ketones is 1.